The van der Waals surface area contributed by atoms with Crippen LogP contribution >= 0.6 is 0 Å². The van der Waals surface area contributed by atoms with Gasteiger partial charge in [-0.15, -0.1) is 0 Å². The Balaban J connectivity index is 2.68. The zero-order valence-corrected chi connectivity index (χ0v) is 13.8. The second-order valence-electron chi connectivity index (χ2n) is 6.47. The lowest BCUT2D eigenvalue weighted by atomic mass is 9.93. The summed E-state index contributed by atoms with van der Waals surface area (Å²) in [4.78, 5) is 5.09. The lowest BCUT2D eigenvalue weighted by Crippen LogP contribution is -2.53. The standard InChI is InChI=1S/C16H35N3/c1-6-9-17-15(12-14(3)7-2)16-13-18(4)10-8-11-19(16)5/h14-17H,6-13H2,1-5H3. The van der Waals surface area contributed by atoms with Crippen LogP contribution < -0.4 is 5.32 Å². The maximum atomic E-state index is 3.81. The molecule has 114 valence electrons. The van der Waals surface area contributed by atoms with Crippen molar-refractivity contribution in [3.05, 3.63) is 0 Å². The van der Waals surface area contributed by atoms with Crippen molar-refractivity contribution < 1.29 is 0 Å². The van der Waals surface area contributed by atoms with Crippen LogP contribution in [-0.2, 0) is 0 Å². The van der Waals surface area contributed by atoms with Gasteiger partial charge in [0.2, 0.25) is 0 Å². The average molecular weight is 269 g/mol. The van der Waals surface area contributed by atoms with Gasteiger partial charge in [-0.1, -0.05) is 27.2 Å². The summed E-state index contributed by atoms with van der Waals surface area (Å²) in [5.41, 5.74) is 0. The van der Waals surface area contributed by atoms with Crippen molar-refractivity contribution in [1.29, 1.82) is 0 Å². The van der Waals surface area contributed by atoms with Crippen LogP contribution in [0.2, 0.25) is 0 Å². The monoisotopic (exact) mass is 269 g/mol. The topological polar surface area (TPSA) is 18.5 Å². The molecule has 0 spiro atoms. The van der Waals surface area contributed by atoms with Gasteiger partial charge in [0.15, 0.2) is 0 Å². The van der Waals surface area contributed by atoms with Crippen LogP contribution in [0.15, 0.2) is 0 Å². The SMILES string of the molecule is CCCNC(CC(C)CC)C1CN(C)CCCN1C. The van der Waals surface area contributed by atoms with Crippen molar-refractivity contribution >= 4 is 0 Å². The fourth-order valence-corrected chi connectivity index (χ4v) is 3.05. The second kappa shape index (κ2) is 8.93. The third-order valence-electron chi connectivity index (χ3n) is 4.59. The van der Waals surface area contributed by atoms with Crippen molar-refractivity contribution in [3.8, 4) is 0 Å². The van der Waals surface area contributed by atoms with Crippen LogP contribution in [-0.4, -0.2) is 62.2 Å². The molecule has 1 fully saturated rings. The van der Waals surface area contributed by atoms with E-state index in [0.717, 1.165) is 12.5 Å². The van der Waals surface area contributed by atoms with Crippen molar-refractivity contribution in [2.24, 2.45) is 5.92 Å². The van der Waals surface area contributed by atoms with Gasteiger partial charge >= 0.3 is 0 Å². The Morgan fingerprint density at radius 3 is 2.58 bits per heavy atom. The molecule has 0 aliphatic carbocycles. The summed E-state index contributed by atoms with van der Waals surface area (Å²) >= 11 is 0. The van der Waals surface area contributed by atoms with E-state index in [2.05, 4.69) is 50.0 Å². The predicted octanol–water partition coefficient (Wildman–Crippen LogP) is 2.43. The molecular formula is C16H35N3. The first-order chi connectivity index (χ1) is 9.08. The van der Waals surface area contributed by atoms with Crippen molar-refractivity contribution in [2.75, 3.05) is 40.3 Å². The van der Waals surface area contributed by atoms with E-state index in [0.29, 0.717) is 12.1 Å². The average Bonchev–Trinajstić information content (AvgIpc) is 2.56. The van der Waals surface area contributed by atoms with E-state index in [1.54, 1.807) is 0 Å². The van der Waals surface area contributed by atoms with Gasteiger partial charge in [0.05, 0.1) is 0 Å². The first-order valence-electron chi connectivity index (χ1n) is 8.20. The van der Waals surface area contributed by atoms with Crippen molar-refractivity contribution in [2.45, 2.75) is 58.5 Å². The highest BCUT2D eigenvalue weighted by Crippen LogP contribution is 2.18. The van der Waals surface area contributed by atoms with E-state index in [1.807, 2.05) is 0 Å². The van der Waals surface area contributed by atoms with E-state index < -0.39 is 0 Å². The highest BCUT2D eigenvalue weighted by atomic mass is 15.2. The van der Waals surface area contributed by atoms with Gasteiger partial charge in [0.25, 0.3) is 0 Å². The van der Waals surface area contributed by atoms with Crippen LogP contribution in [0.5, 0.6) is 0 Å². The van der Waals surface area contributed by atoms with Gasteiger partial charge in [0.1, 0.15) is 0 Å². The Labute approximate surface area is 120 Å². The van der Waals surface area contributed by atoms with Gasteiger partial charge in [-0.25, -0.2) is 0 Å². The molecule has 0 aromatic rings. The number of likely N-dealkylation sites (N-methyl/N-ethyl adjacent to an activating group) is 2. The summed E-state index contributed by atoms with van der Waals surface area (Å²) < 4.78 is 0. The molecule has 0 amide bonds. The normalized spacial score (nSPS) is 26.1. The van der Waals surface area contributed by atoms with Crippen LogP contribution in [0.25, 0.3) is 0 Å². The van der Waals surface area contributed by atoms with E-state index in [4.69, 9.17) is 0 Å². The molecule has 1 aliphatic rings. The third kappa shape index (κ3) is 5.80. The molecule has 1 saturated heterocycles. The number of nitrogens with zero attached hydrogens (tertiary/aromatic N) is 2. The second-order valence-corrected chi connectivity index (χ2v) is 6.47. The number of hydrogen-bond acceptors (Lipinski definition) is 3. The van der Waals surface area contributed by atoms with Gasteiger partial charge in [0, 0.05) is 18.6 Å². The summed E-state index contributed by atoms with van der Waals surface area (Å²) in [6, 6.07) is 1.30. The minimum Gasteiger partial charge on any atom is -0.312 e. The molecule has 3 nitrogen and oxygen atoms in total. The van der Waals surface area contributed by atoms with E-state index in [1.165, 1.54) is 45.3 Å². The molecule has 19 heavy (non-hydrogen) atoms. The molecule has 1 rings (SSSR count). The minimum atomic E-state index is 0.639. The predicted molar refractivity (Wildman–Crippen MR) is 84.7 cm³/mol. The molecule has 0 aromatic carbocycles. The Bertz CT molecular complexity index is 232. The lowest BCUT2D eigenvalue weighted by Gasteiger charge is -2.36. The lowest BCUT2D eigenvalue weighted by molar-refractivity contribution is 0.162. The van der Waals surface area contributed by atoms with E-state index in [-0.39, 0.29) is 0 Å². The molecule has 1 N–H and O–H groups in total. The molecule has 0 aromatic heterocycles. The largest absolute Gasteiger partial charge is 0.312 e. The third-order valence-corrected chi connectivity index (χ3v) is 4.59. The van der Waals surface area contributed by atoms with Gasteiger partial charge in [-0.2, -0.15) is 0 Å². The zero-order valence-electron chi connectivity index (χ0n) is 13.8. The Hall–Kier alpha value is -0.120. The number of nitrogens with one attached hydrogen (secondary N) is 1. The van der Waals surface area contributed by atoms with Crippen LogP contribution in [0.1, 0.15) is 46.5 Å². The first kappa shape index (κ1) is 16.9. The molecule has 0 bridgehead atoms. The fraction of sp³-hybridized carbons (Fsp3) is 1.00. The smallest absolute Gasteiger partial charge is 0.0373 e. The van der Waals surface area contributed by atoms with Crippen molar-refractivity contribution in [1.82, 2.24) is 15.1 Å². The van der Waals surface area contributed by atoms with Gasteiger partial charge in [-0.3, -0.25) is 0 Å². The van der Waals surface area contributed by atoms with Crippen LogP contribution in [0.4, 0.5) is 0 Å². The maximum absolute atomic E-state index is 3.81. The molecule has 3 atom stereocenters. The highest BCUT2D eigenvalue weighted by molar-refractivity contribution is 4.88. The molecule has 0 saturated carbocycles. The summed E-state index contributed by atoms with van der Waals surface area (Å²) in [6.07, 6.45) is 5.12. The molecular weight excluding hydrogens is 234 g/mol. The molecule has 1 aliphatic heterocycles. The van der Waals surface area contributed by atoms with Gasteiger partial charge < -0.3 is 15.1 Å². The van der Waals surface area contributed by atoms with Gasteiger partial charge in [-0.05, 0) is 58.9 Å². The summed E-state index contributed by atoms with van der Waals surface area (Å²) in [6.45, 7) is 11.8. The van der Waals surface area contributed by atoms with Crippen LogP contribution in [0, 0.1) is 5.92 Å². The molecule has 3 heteroatoms. The van der Waals surface area contributed by atoms with Crippen molar-refractivity contribution in [3.63, 3.8) is 0 Å². The zero-order chi connectivity index (χ0) is 14.3. The fourth-order valence-electron chi connectivity index (χ4n) is 3.05. The van der Waals surface area contributed by atoms with E-state index in [9.17, 15) is 0 Å². The molecule has 1 heterocycles. The number of hydrogen-bond donors (Lipinski definition) is 1. The Morgan fingerprint density at radius 1 is 1.21 bits per heavy atom. The van der Waals surface area contributed by atoms with Crippen LogP contribution in [0.3, 0.4) is 0 Å². The summed E-state index contributed by atoms with van der Waals surface area (Å²) in [5, 5.41) is 3.81. The molecule has 0 radical (unpaired) electrons. The highest BCUT2D eigenvalue weighted by Gasteiger charge is 2.28. The molecule has 3 unspecified atom stereocenters. The Morgan fingerprint density at radius 2 is 1.95 bits per heavy atom. The maximum Gasteiger partial charge on any atom is 0.0373 e. The summed E-state index contributed by atoms with van der Waals surface area (Å²) in [5.74, 6) is 0.816. The number of rotatable bonds is 7. The quantitative estimate of drug-likeness (QED) is 0.766. The minimum absolute atomic E-state index is 0.639. The van der Waals surface area contributed by atoms with E-state index >= 15 is 0 Å². The first-order valence-corrected chi connectivity index (χ1v) is 8.20. The Kier molecular flexibility index (Phi) is 7.96. The summed E-state index contributed by atoms with van der Waals surface area (Å²) in [7, 11) is 4.58.